The van der Waals surface area contributed by atoms with Gasteiger partial charge in [0.25, 0.3) is 0 Å². The number of amides is 2. The summed E-state index contributed by atoms with van der Waals surface area (Å²) in [6, 6.07) is 18.7. The molecule has 3 aromatic carbocycles. The summed E-state index contributed by atoms with van der Waals surface area (Å²) in [5, 5.41) is 4.59. The van der Waals surface area contributed by atoms with Crippen LogP contribution in [0.2, 0.25) is 0 Å². The number of rotatable bonds is 11. The number of fused-ring (bicyclic) bond motifs is 1. The zero-order chi connectivity index (χ0) is 27.2. The maximum Gasteiger partial charge on any atom is 0.243 e. The molecule has 9 heteroatoms. The van der Waals surface area contributed by atoms with Gasteiger partial charge in [0.1, 0.15) is 11.8 Å². The second-order valence-electron chi connectivity index (χ2n) is 9.23. The van der Waals surface area contributed by atoms with Gasteiger partial charge in [-0.2, -0.15) is 4.31 Å². The van der Waals surface area contributed by atoms with Crippen molar-refractivity contribution in [2.75, 3.05) is 20.7 Å². The van der Waals surface area contributed by atoms with Gasteiger partial charge in [-0.05, 0) is 60.9 Å². The summed E-state index contributed by atoms with van der Waals surface area (Å²) in [7, 11) is -0.996. The minimum Gasteiger partial charge on any atom is -0.497 e. The Morgan fingerprint density at radius 2 is 1.62 bits per heavy atom. The van der Waals surface area contributed by atoms with Crippen LogP contribution in [-0.4, -0.2) is 62.2 Å². The monoisotopic (exact) mass is 525 g/mol. The number of sulfonamides is 1. The summed E-state index contributed by atoms with van der Waals surface area (Å²) >= 11 is 0. The Kier molecular flexibility index (Phi) is 9.29. The van der Waals surface area contributed by atoms with Crippen LogP contribution in [-0.2, 0) is 26.2 Å². The second kappa shape index (κ2) is 12.2. The summed E-state index contributed by atoms with van der Waals surface area (Å²) in [5.41, 5.74) is 0.796. The molecule has 2 amide bonds. The Morgan fingerprint density at radius 3 is 2.22 bits per heavy atom. The summed E-state index contributed by atoms with van der Waals surface area (Å²) in [6.07, 6.45) is 0.377. The first kappa shape index (κ1) is 28.1. The number of nitrogens with one attached hydrogen (secondary N) is 1. The average molecular weight is 526 g/mol. The van der Waals surface area contributed by atoms with Crippen molar-refractivity contribution in [2.24, 2.45) is 0 Å². The topological polar surface area (TPSA) is 96.0 Å². The number of ether oxygens (including phenoxy) is 1. The van der Waals surface area contributed by atoms with Crippen LogP contribution < -0.4 is 10.1 Å². The van der Waals surface area contributed by atoms with Crippen LogP contribution in [0.15, 0.2) is 71.6 Å². The van der Waals surface area contributed by atoms with Crippen LogP contribution in [0.1, 0.15) is 32.8 Å². The molecule has 3 rings (SSSR count). The molecule has 0 fully saturated rings. The molecule has 8 nitrogen and oxygen atoms in total. The lowest BCUT2D eigenvalue weighted by atomic mass is 10.1. The summed E-state index contributed by atoms with van der Waals surface area (Å²) in [6.45, 7) is 5.27. The van der Waals surface area contributed by atoms with E-state index in [0.29, 0.717) is 12.2 Å². The highest BCUT2D eigenvalue weighted by molar-refractivity contribution is 7.89. The molecule has 0 aromatic heterocycles. The highest BCUT2D eigenvalue weighted by Gasteiger charge is 2.32. The highest BCUT2D eigenvalue weighted by atomic mass is 32.2. The van der Waals surface area contributed by atoms with Gasteiger partial charge in [0.05, 0.1) is 18.6 Å². The molecule has 0 heterocycles. The fourth-order valence-corrected chi connectivity index (χ4v) is 5.26. The van der Waals surface area contributed by atoms with E-state index in [2.05, 4.69) is 5.32 Å². The number of benzene rings is 3. The van der Waals surface area contributed by atoms with Crippen LogP contribution in [0.4, 0.5) is 0 Å². The van der Waals surface area contributed by atoms with E-state index in [-0.39, 0.29) is 23.4 Å². The molecular weight excluding hydrogens is 490 g/mol. The van der Waals surface area contributed by atoms with Gasteiger partial charge in [-0.25, -0.2) is 8.42 Å². The summed E-state index contributed by atoms with van der Waals surface area (Å²) < 4.78 is 32.9. The standard InChI is InChI=1S/C28H35N3O5S/c1-6-26(28(33)29-20(2)3)31(18-21-11-14-24(36-5)15-12-21)27(32)19-30(4)37(34,35)25-16-13-22-9-7-8-10-23(22)17-25/h7-17,20,26H,6,18-19H2,1-5H3,(H,29,33)/t26-/m0/s1. The third kappa shape index (κ3) is 6.87. The normalized spacial score (nSPS) is 12.5. The molecule has 0 bridgehead atoms. The van der Waals surface area contributed by atoms with Crippen molar-refractivity contribution in [3.63, 3.8) is 0 Å². The van der Waals surface area contributed by atoms with Crippen LogP contribution in [0.25, 0.3) is 10.8 Å². The van der Waals surface area contributed by atoms with E-state index in [1.165, 1.54) is 11.9 Å². The number of hydrogen-bond acceptors (Lipinski definition) is 5. The molecule has 0 unspecified atom stereocenters. The molecule has 0 aliphatic rings. The molecule has 1 N–H and O–H groups in total. The zero-order valence-electron chi connectivity index (χ0n) is 22.0. The Balaban J connectivity index is 1.88. The van der Waals surface area contributed by atoms with Crippen molar-refractivity contribution in [2.45, 2.75) is 50.7 Å². The predicted octanol–water partition coefficient (Wildman–Crippen LogP) is 3.80. The van der Waals surface area contributed by atoms with Crippen LogP contribution in [0, 0.1) is 0 Å². The molecular formula is C28H35N3O5S. The van der Waals surface area contributed by atoms with Gasteiger partial charge in [-0.15, -0.1) is 0 Å². The second-order valence-corrected chi connectivity index (χ2v) is 11.3. The van der Waals surface area contributed by atoms with E-state index in [1.807, 2.05) is 57.2 Å². The van der Waals surface area contributed by atoms with Crippen molar-refractivity contribution in [3.8, 4) is 5.75 Å². The minimum atomic E-state index is -3.94. The van der Waals surface area contributed by atoms with Crippen molar-refractivity contribution in [1.82, 2.24) is 14.5 Å². The molecule has 0 radical (unpaired) electrons. The average Bonchev–Trinajstić information content (AvgIpc) is 2.88. The molecule has 0 spiro atoms. The van der Waals surface area contributed by atoms with Gasteiger partial charge in [-0.1, -0.05) is 49.4 Å². The van der Waals surface area contributed by atoms with Crippen molar-refractivity contribution < 1.29 is 22.7 Å². The number of methoxy groups -OCH3 is 1. The van der Waals surface area contributed by atoms with Crippen molar-refractivity contribution in [1.29, 1.82) is 0 Å². The first-order valence-corrected chi connectivity index (χ1v) is 13.7. The third-order valence-corrected chi connectivity index (χ3v) is 7.92. The van der Waals surface area contributed by atoms with E-state index in [9.17, 15) is 18.0 Å². The number of carbonyl (C=O) groups is 2. The number of likely N-dealkylation sites (N-methyl/N-ethyl adjacent to an activating group) is 1. The number of hydrogen-bond donors (Lipinski definition) is 1. The largest absolute Gasteiger partial charge is 0.497 e. The number of nitrogens with zero attached hydrogens (tertiary/aromatic N) is 2. The van der Waals surface area contributed by atoms with Gasteiger partial charge in [0, 0.05) is 19.6 Å². The first-order valence-electron chi connectivity index (χ1n) is 12.2. The SMILES string of the molecule is CC[C@@H](C(=O)NC(C)C)N(Cc1ccc(OC)cc1)C(=O)CN(C)S(=O)(=O)c1ccc2ccccc2c1. The Hall–Kier alpha value is -3.43. The van der Waals surface area contributed by atoms with Crippen LogP contribution >= 0.6 is 0 Å². The van der Waals surface area contributed by atoms with Crippen LogP contribution in [0.3, 0.4) is 0 Å². The van der Waals surface area contributed by atoms with Gasteiger partial charge < -0.3 is 15.0 Å². The molecule has 198 valence electrons. The highest BCUT2D eigenvalue weighted by Crippen LogP contribution is 2.22. The molecule has 37 heavy (non-hydrogen) atoms. The molecule has 0 aliphatic heterocycles. The van der Waals surface area contributed by atoms with E-state index in [4.69, 9.17) is 4.74 Å². The lowest BCUT2D eigenvalue weighted by molar-refractivity contribution is -0.141. The summed E-state index contributed by atoms with van der Waals surface area (Å²) in [5.74, 6) is -0.0692. The predicted molar refractivity (Wildman–Crippen MR) is 145 cm³/mol. The van der Waals surface area contributed by atoms with Gasteiger partial charge in [0.15, 0.2) is 0 Å². The Bertz CT molecular complexity index is 1340. The Morgan fingerprint density at radius 1 is 0.973 bits per heavy atom. The maximum absolute atomic E-state index is 13.6. The van der Waals surface area contributed by atoms with Gasteiger partial charge in [0.2, 0.25) is 21.8 Å². The van der Waals surface area contributed by atoms with Crippen LogP contribution in [0.5, 0.6) is 5.75 Å². The Labute approximate surface area is 219 Å². The number of carbonyl (C=O) groups excluding carboxylic acids is 2. The molecule has 0 saturated carbocycles. The molecule has 0 aliphatic carbocycles. The van der Waals surface area contributed by atoms with Crippen molar-refractivity contribution in [3.05, 3.63) is 72.3 Å². The zero-order valence-corrected chi connectivity index (χ0v) is 22.8. The van der Waals surface area contributed by atoms with Gasteiger partial charge >= 0.3 is 0 Å². The fourth-order valence-electron chi connectivity index (χ4n) is 4.10. The smallest absolute Gasteiger partial charge is 0.243 e. The first-order chi connectivity index (χ1) is 17.6. The van der Waals surface area contributed by atoms with E-state index >= 15 is 0 Å². The minimum absolute atomic E-state index is 0.101. The van der Waals surface area contributed by atoms with E-state index in [0.717, 1.165) is 20.6 Å². The van der Waals surface area contributed by atoms with Gasteiger partial charge in [-0.3, -0.25) is 9.59 Å². The lowest BCUT2D eigenvalue weighted by Gasteiger charge is -2.32. The summed E-state index contributed by atoms with van der Waals surface area (Å²) in [4.78, 5) is 28.1. The fraction of sp³-hybridized carbons (Fsp3) is 0.357. The van der Waals surface area contributed by atoms with E-state index < -0.39 is 28.5 Å². The molecule has 1 atom stereocenters. The quantitative estimate of drug-likeness (QED) is 0.411. The lowest BCUT2D eigenvalue weighted by Crippen LogP contribution is -2.52. The maximum atomic E-state index is 13.6. The third-order valence-electron chi connectivity index (χ3n) is 6.12. The molecule has 0 saturated heterocycles. The van der Waals surface area contributed by atoms with E-state index in [1.54, 1.807) is 37.4 Å². The van der Waals surface area contributed by atoms with Crippen molar-refractivity contribution >= 4 is 32.6 Å². The molecule has 3 aromatic rings.